The zero-order valence-electron chi connectivity index (χ0n) is 15.7. The number of amides is 1. The number of nitro benzene ring substituents is 1. The third kappa shape index (κ3) is 3.74. The van der Waals surface area contributed by atoms with E-state index >= 15 is 0 Å². The molecule has 1 amide bonds. The minimum atomic E-state index is -0.436. The van der Waals surface area contributed by atoms with Gasteiger partial charge < -0.3 is 14.0 Å². The van der Waals surface area contributed by atoms with Gasteiger partial charge in [-0.3, -0.25) is 14.9 Å². The lowest BCUT2D eigenvalue weighted by Gasteiger charge is -2.07. The first-order chi connectivity index (χ1) is 13.5. The molecule has 0 unspecified atom stereocenters. The molecular formula is C19H19N3O5S. The fraction of sp³-hybridized carbons (Fsp3) is 0.263. The Bertz CT molecular complexity index is 1120. The van der Waals surface area contributed by atoms with Crippen molar-refractivity contribution in [3.63, 3.8) is 0 Å². The molecule has 8 nitrogen and oxygen atoms in total. The van der Waals surface area contributed by atoms with E-state index < -0.39 is 10.8 Å². The Morgan fingerprint density at radius 1 is 1.18 bits per heavy atom. The van der Waals surface area contributed by atoms with E-state index in [0.717, 1.165) is 11.9 Å². The van der Waals surface area contributed by atoms with Crippen LogP contribution in [0.5, 0.6) is 11.5 Å². The largest absolute Gasteiger partial charge is 0.493 e. The summed E-state index contributed by atoms with van der Waals surface area (Å²) in [4.78, 5) is 28.1. The highest BCUT2D eigenvalue weighted by atomic mass is 32.1. The molecule has 3 rings (SSSR count). The van der Waals surface area contributed by atoms with Gasteiger partial charge in [0, 0.05) is 24.2 Å². The number of carbonyl (C=O) groups is 1. The monoisotopic (exact) mass is 401 g/mol. The molecule has 0 atom stereocenters. The van der Waals surface area contributed by atoms with Crippen molar-refractivity contribution in [2.45, 2.75) is 19.9 Å². The van der Waals surface area contributed by atoms with Crippen LogP contribution in [0.1, 0.15) is 23.7 Å². The quantitative estimate of drug-likeness (QED) is 0.463. The molecule has 0 radical (unpaired) electrons. The SMILES string of the molecule is CCCn1c(=NC(=O)c2ccc(OC)c(OC)c2)sc2cc([N+](=O)[O-])ccc21. The van der Waals surface area contributed by atoms with Crippen LogP contribution in [0.2, 0.25) is 0 Å². The maximum atomic E-state index is 12.7. The first kappa shape index (κ1) is 19.6. The number of non-ortho nitro benzene ring substituents is 1. The number of rotatable bonds is 6. The molecule has 146 valence electrons. The number of aromatic nitrogens is 1. The second-order valence-corrected chi connectivity index (χ2v) is 6.94. The van der Waals surface area contributed by atoms with E-state index in [2.05, 4.69) is 4.99 Å². The van der Waals surface area contributed by atoms with Gasteiger partial charge in [0.15, 0.2) is 16.3 Å². The first-order valence-electron chi connectivity index (χ1n) is 8.57. The van der Waals surface area contributed by atoms with E-state index in [0.29, 0.717) is 33.1 Å². The number of fused-ring (bicyclic) bond motifs is 1. The molecule has 3 aromatic rings. The number of benzene rings is 2. The van der Waals surface area contributed by atoms with Gasteiger partial charge in [0.25, 0.3) is 11.6 Å². The van der Waals surface area contributed by atoms with Crippen LogP contribution < -0.4 is 14.3 Å². The van der Waals surface area contributed by atoms with Gasteiger partial charge in [-0.05, 0) is 30.7 Å². The van der Waals surface area contributed by atoms with Gasteiger partial charge in [-0.1, -0.05) is 18.3 Å². The highest BCUT2D eigenvalue weighted by Gasteiger charge is 2.14. The van der Waals surface area contributed by atoms with Crippen molar-refractivity contribution < 1.29 is 19.2 Å². The molecule has 0 N–H and O–H groups in total. The maximum absolute atomic E-state index is 12.7. The summed E-state index contributed by atoms with van der Waals surface area (Å²) in [6.45, 7) is 2.66. The minimum absolute atomic E-state index is 0.00941. The number of aryl methyl sites for hydroxylation is 1. The van der Waals surface area contributed by atoms with Crippen LogP contribution >= 0.6 is 11.3 Å². The van der Waals surface area contributed by atoms with Crippen molar-refractivity contribution in [3.8, 4) is 11.5 Å². The van der Waals surface area contributed by atoms with Gasteiger partial charge >= 0.3 is 0 Å². The number of nitrogens with zero attached hydrogens (tertiary/aromatic N) is 3. The standard InChI is InChI=1S/C19H19N3O5S/c1-4-9-21-14-7-6-13(22(24)25)11-17(14)28-19(21)20-18(23)12-5-8-15(26-2)16(10-12)27-3/h5-8,10-11H,4,9H2,1-3H3. The maximum Gasteiger partial charge on any atom is 0.279 e. The first-order valence-corrected chi connectivity index (χ1v) is 9.39. The topological polar surface area (TPSA) is 96.0 Å². The number of thiazole rings is 1. The second-order valence-electron chi connectivity index (χ2n) is 5.93. The summed E-state index contributed by atoms with van der Waals surface area (Å²) in [5.41, 5.74) is 1.19. The molecule has 0 spiro atoms. The van der Waals surface area contributed by atoms with Crippen LogP contribution in [0.3, 0.4) is 0 Å². The Morgan fingerprint density at radius 2 is 1.93 bits per heavy atom. The summed E-state index contributed by atoms with van der Waals surface area (Å²) in [6, 6.07) is 9.51. The van der Waals surface area contributed by atoms with Crippen LogP contribution in [-0.2, 0) is 6.54 Å². The molecule has 1 aromatic heterocycles. The highest BCUT2D eigenvalue weighted by molar-refractivity contribution is 7.16. The number of hydrogen-bond acceptors (Lipinski definition) is 6. The summed E-state index contributed by atoms with van der Waals surface area (Å²) in [5, 5.41) is 11.0. The molecule has 0 saturated heterocycles. The molecule has 28 heavy (non-hydrogen) atoms. The van der Waals surface area contributed by atoms with E-state index in [1.54, 1.807) is 24.3 Å². The van der Waals surface area contributed by atoms with Gasteiger partial charge in [-0.2, -0.15) is 4.99 Å². The lowest BCUT2D eigenvalue weighted by atomic mass is 10.2. The predicted octanol–water partition coefficient (Wildman–Crippen LogP) is 3.78. The number of ether oxygens (including phenoxy) is 2. The summed E-state index contributed by atoms with van der Waals surface area (Å²) < 4.78 is 13.0. The summed E-state index contributed by atoms with van der Waals surface area (Å²) in [5.74, 6) is 0.540. The van der Waals surface area contributed by atoms with Crippen molar-refractivity contribution >= 4 is 33.1 Å². The zero-order valence-corrected chi connectivity index (χ0v) is 16.5. The van der Waals surface area contributed by atoms with E-state index in [9.17, 15) is 14.9 Å². The predicted molar refractivity (Wildman–Crippen MR) is 106 cm³/mol. The van der Waals surface area contributed by atoms with Crippen LogP contribution in [0.15, 0.2) is 41.4 Å². The molecule has 0 aliphatic carbocycles. The van der Waals surface area contributed by atoms with Gasteiger partial charge in [0.1, 0.15) is 0 Å². The lowest BCUT2D eigenvalue weighted by Crippen LogP contribution is -2.16. The number of hydrogen-bond donors (Lipinski definition) is 0. The molecule has 0 aliphatic heterocycles. The fourth-order valence-corrected chi connectivity index (χ4v) is 3.91. The highest BCUT2D eigenvalue weighted by Crippen LogP contribution is 2.28. The zero-order chi connectivity index (χ0) is 20.3. The van der Waals surface area contributed by atoms with Crippen molar-refractivity contribution in [2.24, 2.45) is 4.99 Å². The number of methoxy groups -OCH3 is 2. The Hall–Kier alpha value is -3.20. The third-order valence-corrected chi connectivity index (χ3v) is 5.19. The van der Waals surface area contributed by atoms with Gasteiger partial charge in [0.2, 0.25) is 0 Å². The smallest absolute Gasteiger partial charge is 0.279 e. The molecule has 1 heterocycles. The third-order valence-electron chi connectivity index (χ3n) is 4.15. The lowest BCUT2D eigenvalue weighted by molar-refractivity contribution is -0.384. The Kier molecular flexibility index (Phi) is 5.74. The van der Waals surface area contributed by atoms with Crippen LogP contribution in [0.4, 0.5) is 5.69 Å². The summed E-state index contributed by atoms with van der Waals surface area (Å²) in [7, 11) is 3.02. The van der Waals surface area contributed by atoms with Gasteiger partial charge in [0.05, 0.1) is 29.4 Å². The van der Waals surface area contributed by atoms with Crippen molar-refractivity contribution in [2.75, 3.05) is 14.2 Å². The molecule has 9 heteroatoms. The van der Waals surface area contributed by atoms with Crippen LogP contribution in [0, 0.1) is 10.1 Å². The minimum Gasteiger partial charge on any atom is -0.493 e. The molecule has 0 bridgehead atoms. The van der Waals surface area contributed by atoms with Gasteiger partial charge in [-0.15, -0.1) is 0 Å². The van der Waals surface area contributed by atoms with E-state index in [1.165, 1.54) is 37.7 Å². The van der Waals surface area contributed by atoms with Crippen LogP contribution in [-0.4, -0.2) is 29.6 Å². The molecule has 0 fully saturated rings. The normalized spacial score (nSPS) is 11.6. The average molecular weight is 401 g/mol. The van der Waals surface area contributed by atoms with Gasteiger partial charge in [-0.25, -0.2) is 0 Å². The second kappa shape index (κ2) is 8.22. The summed E-state index contributed by atoms with van der Waals surface area (Å²) in [6.07, 6.45) is 0.834. The van der Waals surface area contributed by atoms with Crippen molar-refractivity contribution in [3.05, 3.63) is 56.9 Å². The Balaban J connectivity index is 2.10. The van der Waals surface area contributed by atoms with E-state index in [4.69, 9.17) is 9.47 Å². The average Bonchev–Trinajstić information content (AvgIpc) is 3.03. The van der Waals surface area contributed by atoms with Crippen LogP contribution in [0.25, 0.3) is 10.2 Å². The Labute approximate surface area is 164 Å². The molecular weight excluding hydrogens is 382 g/mol. The van der Waals surface area contributed by atoms with Crippen molar-refractivity contribution in [1.29, 1.82) is 0 Å². The molecule has 0 saturated carbocycles. The van der Waals surface area contributed by atoms with Crippen molar-refractivity contribution in [1.82, 2.24) is 4.57 Å². The number of nitro groups is 1. The fourth-order valence-electron chi connectivity index (χ4n) is 2.82. The summed E-state index contributed by atoms with van der Waals surface area (Å²) >= 11 is 1.25. The van der Waals surface area contributed by atoms with E-state index in [-0.39, 0.29) is 5.69 Å². The molecule has 0 aliphatic rings. The number of carbonyl (C=O) groups excluding carboxylic acids is 1. The Morgan fingerprint density at radius 3 is 2.57 bits per heavy atom. The molecule has 2 aromatic carbocycles. The van der Waals surface area contributed by atoms with E-state index in [1.807, 2.05) is 11.5 Å².